The van der Waals surface area contributed by atoms with E-state index < -0.39 is 0 Å². The largest absolute Gasteiger partial charge is 0.352 e. The van der Waals surface area contributed by atoms with Crippen LogP contribution in [0.25, 0.3) is 6.08 Å². The van der Waals surface area contributed by atoms with Gasteiger partial charge in [-0.25, -0.2) is 9.37 Å². The molecule has 1 N–H and O–H groups in total. The zero-order valence-electron chi connectivity index (χ0n) is 19.6. The van der Waals surface area contributed by atoms with E-state index in [4.69, 9.17) is 0 Å². The first-order valence-corrected chi connectivity index (χ1v) is 12.6. The summed E-state index contributed by atoms with van der Waals surface area (Å²) in [7, 11) is 0. The maximum atomic E-state index is 13.3. The highest BCUT2D eigenvalue weighted by Gasteiger charge is 2.61. The molecule has 1 aliphatic heterocycles. The van der Waals surface area contributed by atoms with E-state index in [0.29, 0.717) is 30.3 Å². The molecule has 3 aliphatic carbocycles. The number of hydrogen-bond acceptors (Lipinski definition) is 2. The summed E-state index contributed by atoms with van der Waals surface area (Å²) in [4.78, 5) is 17.8. The summed E-state index contributed by atoms with van der Waals surface area (Å²) in [5.41, 5.74) is 1.19. The van der Waals surface area contributed by atoms with Crippen LogP contribution in [0.1, 0.15) is 69.8 Å². The van der Waals surface area contributed by atoms with Crippen molar-refractivity contribution >= 4 is 12.0 Å². The third-order valence-corrected chi connectivity index (χ3v) is 10.0. The van der Waals surface area contributed by atoms with Gasteiger partial charge in [0.05, 0.1) is 0 Å². The number of carbonyl (C=O) groups excluding carboxylic acids is 1. The number of rotatable bonds is 3. The highest BCUT2D eigenvalue weighted by molar-refractivity contribution is 5.80. The Balaban J connectivity index is 1.19. The molecule has 0 radical (unpaired) electrons. The first kappa shape index (κ1) is 21.1. The lowest BCUT2D eigenvalue weighted by molar-refractivity contribution is -0.133. The molecule has 0 saturated heterocycles. The molecule has 0 bridgehead atoms. The van der Waals surface area contributed by atoms with Crippen molar-refractivity contribution < 1.29 is 9.18 Å². The number of aromatic nitrogens is 2. The molecule has 1 aromatic carbocycles. The summed E-state index contributed by atoms with van der Waals surface area (Å²) in [5.74, 6) is 3.09. The predicted molar refractivity (Wildman–Crippen MR) is 126 cm³/mol. The molecule has 7 atom stereocenters. The van der Waals surface area contributed by atoms with E-state index in [9.17, 15) is 9.18 Å². The van der Waals surface area contributed by atoms with E-state index >= 15 is 0 Å². The van der Waals surface area contributed by atoms with Gasteiger partial charge in [-0.05, 0) is 85.5 Å². The van der Waals surface area contributed by atoms with Crippen LogP contribution in [-0.4, -0.2) is 15.5 Å². The summed E-state index contributed by atoms with van der Waals surface area (Å²) >= 11 is 0. The van der Waals surface area contributed by atoms with Gasteiger partial charge in [-0.2, -0.15) is 0 Å². The van der Waals surface area contributed by atoms with Gasteiger partial charge in [0.1, 0.15) is 11.6 Å². The standard InChI is InChI=1S/C28H34FN3O/c1-27-13-11-22-20(7-10-24-28(22,2)14-12-25-30-15-16-32(24)25)21(27)8-9-23(27)26(33)31-17-18-3-5-19(29)6-4-18/h3-6,12,14-16,20-24H,7-11,13,17H2,1-2H3,(H,31,33)/t20-,21-,22-,23+,24?,27-,28+/m0/s1. The number of halogens is 1. The first-order chi connectivity index (χ1) is 15.9. The van der Waals surface area contributed by atoms with E-state index in [-0.39, 0.29) is 28.5 Å². The van der Waals surface area contributed by atoms with Gasteiger partial charge in [0.25, 0.3) is 0 Å². The summed E-state index contributed by atoms with van der Waals surface area (Å²) in [6.45, 7) is 5.33. The minimum absolute atomic E-state index is 0.0792. The fourth-order valence-corrected chi connectivity index (χ4v) is 8.36. The Kier molecular flexibility index (Phi) is 4.83. The molecule has 3 saturated carbocycles. The number of benzene rings is 1. The number of amides is 1. The minimum atomic E-state index is -0.242. The van der Waals surface area contributed by atoms with Crippen LogP contribution in [0.15, 0.2) is 42.7 Å². The van der Waals surface area contributed by atoms with Gasteiger partial charge in [0.2, 0.25) is 5.91 Å². The van der Waals surface area contributed by atoms with Crippen molar-refractivity contribution in [2.45, 2.75) is 65.0 Å². The lowest BCUT2D eigenvalue weighted by Gasteiger charge is -2.59. The Morgan fingerprint density at radius 3 is 2.76 bits per heavy atom. The van der Waals surface area contributed by atoms with E-state index in [1.54, 1.807) is 12.1 Å². The Bertz CT molecular complexity index is 1090. The number of allylic oxidation sites excluding steroid dienone is 1. The second kappa shape index (κ2) is 7.54. The van der Waals surface area contributed by atoms with E-state index in [1.165, 1.54) is 31.4 Å². The quantitative estimate of drug-likeness (QED) is 0.650. The molecule has 2 aromatic rings. The maximum absolute atomic E-state index is 13.3. The zero-order valence-corrected chi connectivity index (χ0v) is 19.6. The number of carbonyl (C=O) groups is 1. The van der Waals surface area contributed by atoms with Crippen LogP contribution in [0.2, 0.25) is 0 Å². The van der Waals surface area contributed by atoms with Crippen molar-refractivity contribution in [2.75, 3.05) is 0 Å². The molecule has 1 aromatic heterocycles. The van der Waals surface area contributed by atoms with Crippen molar-refractivity contribution in [1.82, 2.24) is 14.9 Å². The van der Waals surface area contributed by atoms with Crippen LogP contribution in [0, 0.1) is 40.3 Å². The minimum Gasteiger partial charge on any atom is -0.352 e. The molecule has 5 heteroatoms. The van der Waals surface area contributed by atoms with E-state index in [2.05, 4.69) is 47.1 Å². The molecular formula is C28H34FN3O. The predicted octanol–water partition coefficient (Wildman–Crippen LogP) is 5.77. The molecule has 0 spiro atoms. The van der Waals surface area contributed by atoms with Crippen LogP contribution in [0.3, 0.4) is 0 Å². The number of fused-ring (bicyclic) bond motifs is 7. The Morgan fingerprint density at radius 1 is 1.12 bits per heavy atom. The molecule has 1 amide bonds. The highest BCUT2D eigenvalue weighted by atomic mass is 19.1. The lowest BCUT2D eigenvalue weighted by atomic mass is 9.48. The summed E-state index contributed by atoms with van der Waals surface area (Å²) in [6.07, 6.45) is 15.7. The van der Waals surface area contributed by atoms with Crippen LogP contribution >= 0.6 is 0 Å². The first-order valence-electron chi connectivity index (χ1n) is 12.6. The van der Waals surface area contributed by atoms with Gasteiger partial charge >= 0.3 is 0 Å². The summed E-state index contributed by atoms with van der Waals surface area (Å²) in [5, 5.41) is 3.17. The van der Waals surface area contributed by atoms with Crippen LogP contribution in [0.4, 0.5) is 4.39 Å². The van der Waals surface area contributed by atoms with Gasteiger partial charge in [-0.1, -0.05) is 32.1 Å². The van der Waals surface area contributed by atoms with Gasteiger partial charge in [-0.15, -0.1) is 0 Å². The third kappa shape index (κ3) is 3.14. The molecule has 33 heavy (non-hydrogen) atoms. The van der Waals surface area contributed by atoms with E-state index in [0.717, 1.165) is 30.7 Å². The number of hydrogen-bond donors (Lipinski definition) is 1. The van der Waals surface area contributed by atoms with Gasteiger partial charge in [0.15, 0.2) is 0 Å². The van der Waals surface area contributed by atoms with Crippen LogP contribution < -0.4 is 5.32 Å². The van der Waals surface area contributed by atoms with Crippen molar-refractivity contribution in [3.8, 4) is 0 Å². The second-order valence-electron chi connectivity index (χ2n) is 11.4. The van der Waals surface area contributed by atoms with Crippen LogP contribution in [-0.2, 0) is 11.3 Å². The Hall–Kier alpha value is -2.43. The fraction of sp³-hybridized carbons (Fsp3) is 0.571. The average Bonchev–Trinajstić information content (AvgIpc) is 3.42. The monoisotopic (exact) mass is 447 g/mol. The molecule has 174 valence electrons. The zero-order chi connectivity index (χ0) is 22.8. The smallest absolute Gasteiger partial charge is 0.223 e. The SMILES string of the molecule is C[C@]12CC[C@H]3[C@@H](CCC4n5ccnc5C=C[C@@]43C)[C@@H]1CC[C@@H]2C(=O)NCc1ccc(F)cc1. The van der Waals surface area contributed by atoms with Crippen LogP contribution in [0.5, 0.6) is 0 Å². The van der Waals surface area contributed by atoms with Gasteiger partial charge in [-0.3, -0.25) is 4.79 Å². The second-order valence-corrected chi connectivity index (χ2v) is 11.4. The van der Waals surface area contributed by atoms with Crippen molar-refractivity contribution in [2.24, 2.45) is 34.5 Å². The molecule has 1 unspecified atom stereocenters. The Morgan fingerprint density at radius 2 is 1.94 bits per heavy atom. The van der Waals surface area contributed by atoms with Crippen molar-refractivity contribution in [3.63, 3.8) is 0 Å². The number of imidazole rings is 1. The highest BCUT2D eigenvalue weighted by Crippen LogP contribution is 2.67. The normalized spacial score (nSPS) is 38.7. The van der Waals surface area contributed by atoms with Crippen molar-refractivity contribution in [1.29, 1.82) is 0 Å². The summed E-state index contributed by atoms with van der Waals surface area (Å²) in [6, 6.07) is 6.92. The number of nitrogens with one attached hydrogen (secondary N) is 1. The topological polar surface area (TPSA) is 46.9 Å². The Labute approximate surface area is 195 Å². The molecular weight excluding hydrogens is 413 g/mol. The van der Waals surface area contributed by atoms with Crippen molar-refractivity contribution in [3.05, 3.63) is 59.9 Å². The molecule has 4 nitrogen and oxygen atoms in total. The van der Waals surface area contributed by atoms with Gasteiger partial charge < -0.3 is 9.88 Å². The van der Waals surface area contributed by atoms with Gasteiger partial charge in [0, 0.05) is 36.3 Å². The van der Waals surface area contributed by atoms with E-state index in [1.807, 2.05) is 6.20 Å². The number of nitrogens with zero attached hydrogens (tertiary/aromatic N) is 2. The molecule has 2 heterocycles. The molecule has 4 aliphatic rings. The molecule has 6 rings (SSSR count). The average molecular weight is 448 g/mol. The fourth-order valence-electron chi connectivity index (χ4n) is 8.36. The summed E-state index contributed by atoms with van der Waals surface area (Å²) < 4.78 is 15.6. The third-order valence-electron chi connectivity index (χ3n) is 10.0. The lowest BCUT2D eigenvalue weighted by Crippen LogP contribution is -2.53. The molecule has 3 fully saturated rings. The maximum Gasteiger partial charge on any atom is 0.223 e.